The zero-order valence-corrected chi connectivity index (χ0v) is 14.9. The highest BCUT2D eigenvalue weighted by Gasteiger charge is 2.32. The summed E-state index contributed by atoms with van der Waals surface area (Å²) < 4.78 is 0. The number of aliphatic imine (C=N–C) groups is 1. The summed E-state index contributed by atoms with van der Waals surface area (Å²) in [5.41, 5.74) is 1.19. The van der Waals surface area contributed by atoms with Crippen molar-refractivity contribution in [2.24, 2.45) is 4.99 Å². The second-order valence-corrected chi connectivity index (χ2v) is 6.57. The Morgan fingerprint density at radius 2 is 1.83 bits per heavy atom. The topological polar surface area (TPSA) is 78.8 Å². The molecule has 128 valence electrons. The second-order valence-electron chi connectivity index (χ2n) is 5.40. The first-order chi connectivity index (χ1) is 11.4. The van der Waals surface area contributed by atoms with E-state index in [4.69, 9.17) is 0 Å². The molecule has 1 atom stereocenters. The Bertz CT molecular complexity index is 666. The molecule has 1 aliphatic rings. The Morgan fingerprint density at radius 1 is 1.21 bits per heavy atom. The van der Waals surface area contributed by atoms with E-state index in [1.807, 2.05) is 18.7 Å². The molecule has 1 aromatic carbocycles. The molecule has 6 nitrogen and oxygen atoms in total. The van der Waals surface area contributed by atoms with Gasteiger partial charge in [-0.1, -0.05) is 11.8 Å². The fourth-order valence-electron chi connectivity index (χ4n) is 2.31. The lowest BCUT2D eigenvalue weighted by Gasteiger charge is -2.19. The van der Waals surface area contributed by atoms with Crippen molar-refractivity contribution >= 4 is 40.2 Å². The molecular weight excluding hydrogens is 326 g/mol. The predicted molar refractivity (Wildman–Crippen MR) is 96.4 cm³/mol. The van der Waals surface area contributed by atoms with Crippen molar-refractivity contribution in [3.05, 3.63) is 29.8 Å². The lowest BCUT2D eigenvalue weighted by atomic mass is 10.1. The van der Waals surface area contributed by atoms with E-state index < -0.39 is 5.25 Å². The van der Waals surface area contributed by atoms with Gasteiger partial charge in [0, 0.05) is 30.8 Å². The van der Waals surface area contributed by atoms with Crippen molar-refractivity contribution < 1.29 is 14.4 Å². The Morgan fingerprint density at radius 3 is 2.38 bits per heavy atom. The molecule has 1 aliphatic heterocycles. The molecule has 0 radical (unpaired) electrons. The highest BCUT2D eigenvalue weighted by molar-refractivity contribution is 8.15. The number of amides is 2. The summed E-state index contributed by atoms with van der Waals surface area (Å²) in [5.74, 6) is -0.529. The van der Waals surface area contributed by atoms with Crippen molar-refractivity contribution in [3.8, 4) is 0 Å². The van der Waals surface area contributed by atoms with Gasteiger partial charge in [-0.2, -0.15) is 4.99 Å². The molecule has 24 heavy (non-hydrogen) atoms. The first kappa shape index (κ1) is 18.2. The third-order valence-electron chi connectivity index (χ3n) is 3.71. The lowest BCUT2D eigenvalue weighted by Crippen LogP contribution is -2.27. The summed E-state index contributed by atoms with van der Waals surface area (Å²) in [7, 11) is 0. The monoisotopic (exact) mass is 347 g/mol. The number of carbonyl (C=O) groups is 3. The minimum atomic E-state index is -0.475. The predicted octanol–water partition coefficient (Wildman–Crippen LogP) is 2.56. The number of carbonyl (C=O) groups excluding carboxylic acids is 3. The molecule has 0 spiro atoms. The Labute approximate surface area is 145 Å². The molecule has 1 heterocycles. The number of ketones is 1. The fourth-order valence-corrected chi connectivity index (χ4v) is 3.50. The number of benzene rings is 1. The summed E-state index contributed by atoms with van der Waals surface area (Å²) in [6, 6.07) is 6.68. The number of Topliss-reactive ketones (excluding diaryl/α,β-unsaturated/α-hetero) is 1. The van der Waals surface area contributed by atoms with Gasteiger partial charge in [0.15, 0.2) is 11.0 Å². The van der Waals surface area contributed by atoms with E-state index in [9.17, 15) is 14.4 Å². The van der Waals surface area contributed by atoms with E-state index in [-0.39, 0.29) is 24.0 Å². The van der Waals surface area contributed by atoms with Crippen LogP contribution in [0.5, 0.6) is 0 Å². The maximum Gasteiger partial charge on any atom is 0.262 e. The van der Waals surface area contributed by atoms with E-state index in [2.05, 4.69) is 10.3 Å². The molecule has 0 fully saturated rings. The third-order valence-corrected chi connectivity index (χ3v) is 4.92. The van der Waals surface area contributed by atoms with Crippen molar-refractivity contribution in [2.45, 2.75) is 32.4 Å². The average molecular weight is 347 g/mol. The van der Waals surface area contributed by atoms with Crippen LogP contribution in [0.4, 0.5) is 5.69 Å². The van der Waals surface area contributed by atoms with Crippen LogP contribution in [0.1, 0.15) is 37.6 Å². The van der Waals surface area contributed by atoms with E-state index >= 15 is 0 Å². The summed E-state index contributed by atoms with van der Waals surface area (Å²) >= 11 is 1.34. The molecule has 1 aromatic rings. The highest BCUT2D eigenvalue weighted by Crippen LogP contribution is 2.27. The Hall–Kier alpha value is -2.15. The molecule has 0 unspecified atom stereocenters. The molecule has 0 saturated carbocycles. The average Bonchev–Trinajstić information content (AvgIpc) is 2.89. The van der Waals surface area contributed by atoms with Gasteiger partial charge in [0.25, 0.3) is 5.91 Å². The van der Waals surface area contributed by atoms with Gasteiger partial charge in [-0.05, 0) is 45.0 Å². The molecular formula is C17H21N3O3S. The number of amidine groups is 1. The zero-order valence-electron chi connectivity index (χ0n) is 14.0. The third kappa shape index (κ3) is 4.44. The standard InChI is InChI=1S/C17H21N3O3S/c1-4-20(5-2)17-19-16(23)14(24-17)10-15(22)18-13-8-6-12(7-9-13)11(3)21/h6-9,14H,4-5,10H2,1-3H3,(H,18,22)/t14-/m0/s1. The summed E-state index contributed by atoms with van der Waals surface area (Å²) in [6.07, 6.45) is 0.0756. The molecule has 0 aliphatic carbocycles. The number of anilines is 1. The number of rotatable bonds is 6. The van der Waals surface area contributed by atoms with Gasteiger partial charge in [-0.3, -0.25) is 14.4 Å². The summed E-state index contributed by atoms with van der Waals surface area (Å²) in [4.78, 5) is 41.4. The molecule has 0 aromatic heterocycles. The zero-order chi connectivity index (χ0) is 17.7. The fraction of sp³-hybridized carbons (Fsp3) is 0.412. The molecule has 0 saturated heterocycles. The van der Waals surface area contributed by atoms with Crippen LogP contribution in [0, 0.1) is 0 Å². The van der Waals surface area contributed by atoms with Gasteiger partial charge in [0.2, 0.25) is 5.91 Å². The molecule has 7 heteroatoms. The first-order valence-corrected chi connectivity index (χ1v) is 8.77. The largest absolute Gasteiger partial charge is 0.352 e. The van der Waals surface area contributed by atoms with Crippen LogP contribution in [-0.4, -0.2) is 46.0 Å². The van der Waals surface area contributed by atoms with Gasteiger partial charge < -0.3 is 10.2 Å². The van der Waals surface area contributed by atoms with E-state index in [1.54, 1.807) is 24.3 Å². The van der Waals surface area contributed by atoms with Gasteiger partial charge in [0.05, 0.1) is 0 Å². The van der Waals surface area contributed by atoms with Crippen LogP contribution in [0.2, 0.25) is 0 Å². The number of thioether (sulfide) groups is 1. The van der Waals surface area contributed by atoms with Gasteiger partial charge in [-0.15, -0.1) is 0 Å². The summed E-state index contributed by atoms with van der Waals surface area (Å²) in [6.45, 7) is 7.04. The van der Waals surface area contributed by atoms with Gasteiger partial charge >= 0.3 is 0 Å². The second kappa shape index (κ2) is 8.10. The van der Waals surface area contributed by atoms with Crippen LogP contribution in [0.25, 0.3) is 0 Å². The van der Waals surface area contributed by atoms with Crippen molar-refractivity contribution in [3.63, 3.8) is 0 Å². The minimum absolute atomic E-state index is 0.0260. The summed E-state index contributed by atoms with van der Waals surface area (Å²) in [5, 5.41) is 2.96. The van der Waals surface area contributed by atoms with Gasteiger partial charge in [0.1, 0.15) is 5.25 Å². The van der Waals surface area contributed by atoms with Crippen LogP contribution in [0.3, 0.4) is 0 Å². The number of nitrogens with zero attached hydrogens (tertiary/aromatic N) is 2. The van der Waals surface area contributed by atoms with E-state index in [0.717, 1.165) is 13.1 Å². The van der Waals surface area contributed by atoms with Crippen LogP contribution < -0.4 is 5.32 Å². The SMILES string of the molecule is CCN(CC)C1=NC(=O)[C@H](CC(=O)Nc2ccc(C(C)=O)cc2)S1. The molecule has 2 amide bonds. The van der Waals surface area contributed by atoms with Crippen molar-refractivity contribution in [1.82, 2.24) is 4.90 Å². The first-order valence-electron chi connectivity index (χ1n) is 7.89. The normalized spacial score (nSPS) is 16.7. The van der Waals surface area contributed by atoms with Crippen LogP contribution >= 0.6 is 11.8 Å². The molecule has 0 bridgehead atoms. The molecule has 1 N–H and O–H groups in total. The Kier molecular flexibility index (Phi) is 6.14. The van der Waals surface area contributed by atoms with Crippen LogP contribution in [-0.2, 0) is 9.59 Å². The number of hydrogen-bond acceptors (Lipinski definition) is 5. The number of nitrogens with one attached hydrogen (secondary N) is 1. The Balaban J connectivity index is 1.91. The van der Waals surface area contributed by atoms with E-state index in [0.29, 0.717) is 16.4 Å². The number of hydrogen-bond donors (Lipinski definition) is 1. The maximum atomic E-state index is 12.1. The van der Waals surface area contributed by atoms with Crippen molar-refractivity contribution in [1.29, 1.82) is 0 Å². The lowest BCUT2D eigenvalue weighted by molar-refractivity contribution is -0.121. The van der Waals surface area contributed by atoms with E-state index in [1.165, 1.54) is 18.7 Å². The maximum absolute atomic E-state index is 12.1. The van der Waals surface area contributed by atoms with Crippen LogP contribution in [0.15, 0.2) is 29.3 Å². The minimum Gasteiger partial charge on any atom is -0.352 e. The molecule has 2 rings (SSSR count). The smallest absolute Gasteiger partial charge is 0.262 e. The van der Waals surface area contributed by atoms with Gasteiger partial charge in [-0.25, -0.2) is 0 Å². The quantitative estimate of drug-likeness (QED) is 0.800. The van der Waals surface area contributed by atoms with Crippen molar-refractivity contribution in [2.75, 3.05) is 18.4 Å². The highest BCUT2D eigenvalue weighted by atomic mass is 32.2.